The first-order chi connectivity index (χ1) is 14.0. The lowest BCUT2D eigenvalue weighted by Crippen LogP contribution is -2.54. The predicted octanol–water partition coefficient (Wildman–Crippen LogP) is 0.772. The van der Waals surface area contributed by atoms with Crippen LogP contribution >= 0.6 is 11.3 Å². The summed E-state index contributed by atoms with van der Waals surface area (Å²) in [6, 6.07) is 4.33. The third-order valence-corrected chi connectivity index (χ3v) is 9.03. The van der Waals surface area contributed by atoms with Crippen LogP contribution in [0, 0.1) is 0 Å². The summed E-state index contributed by atoms with van der Waals surface area (Å²) in [5.41, 5.74) is 0.746. The smallest absolute Gasteiger partial charge is 0.241 e. The first-order valence-electron chi connectivity index (χ1n) is 9.65. The van der Waals surface area contributed by atoms with Gasteiger partial charge in [-0.15, -0.1) is 0 Å². The van der Waals surface area contributed by atoms with Crippen LogP contribution in [0.3, 0.4) is 0 Å². The minimum absolute atomic E-state index is 0.125. The monoisotopic (exact) mass is 472 g/mol. The maximum atomic E-state index is 12.9. The molecule has 2 fully saturated rings. The molecule has 1 aromatic heterocycles. The van der Waals surface area contributed by atoms with E-state index in [1.54, 1.807) is 23.1 Å². The van der Waals surface area contributed by atoms with Crippen molar-refractivity contribution in [1.29, 1.82) is 0 Å². The Hall–Kier alpha value is -1.76. The zero-order chi connectivity index (χ0) is 21.7. The van der Waals surface area contributed by atoms with Crippen molar-refractivity contribution in [3.63, 3.8) is 0 Å². The largest absolute Gasteiger partial charge is 0.345 e. The number of anilines is 1. The highest BCUT2D eigenvalue weighted by Crippen LogP contribution is 2.31. The third-order valence-electron chi connectivity index (χ3n) is 5.55. The Balaban J connectivity index is 1.45. The van der Waals surface area contributed by atoms with E-state index >= 15 is 0 Å². The lowest BCUT2D eigenvalue weighted by atomic mass is 10.2. The normalized spacial score (nSPS) is 21.5. The van der Waals surface area contributed by atoms with Gasteiger partial charge in [0, 0.05) is 39.0 Å². The summed E-state index contributed by atoms with van der Waals surface area (Å²) in [4.78, 5) is 21.6. The topological polar surface area (TPSA) is 108 Å². The summed E-state index contributed by atoms with van der Waals surface area (Å²) < 4.78 is 49.6. The molecule has 1 atom stereocenters. The Morgan fingerprint density at radius 2 is 1.77 bits per heavy atom. The lowest BCUT2D eigenvalue weighted by molar-refractivity contribution is -0.134. The molecule has 0 N–H and O–H groups in total. The number of thiazole rings is 1. The molecule has 2 saturated heterocycles. The number of nitrogens with zero attached hydrogens (tertiary/aromatic N) is 4. The number of sulfone groups is 1. The van der Waals surface area contributed by atoms with E-state index in [9.17, 15) is 21.6 Å². The fourth-order valence-electron chi connectivity index (χ4n) is 3.97. The molecule has 2 aromatic rings. The quantitative estimate of drug-likeness (QED) is 0.647. The van der Waals surface area contributed by atoms with Crippen LogP contribution in [0.2, 0.25) is 0 Å². The first kappa shape index (κ1) is 21.5. The van der Waals surface area contributed by atoms with Crippen molar-refractivity contribution in [2.24, 2.45) is 0 Å². The van der Waals surface area contributed by atoms with E-state index < -0.39 is 25.9 Å². The fraction of sp³-hybridized carbons (Fsp3) is 0.556. The molecule has 0 aliphatic carbocycles. The summed E-state index contributed by atoms with van der Waals surface area (Å²) in [5.74, 6) is -0.125. The Morgan fingerprint density at radius 3 is 2.40 bits per heavy atom. The van der Waals surface area contributed by atoms with Crippen LogP contribution < -0.4 is 4.90 Å². The fourth-order valence-corrected chi connectivity index (χ4v) is 6.87. The van der Waals surface area contributed by atoms with Crippen LogP contribution in [-0.2, 0) is 24.7 Å². The molecule has 9 nitrogen and oxygen atoms in total. The van der Waals surface area contributed by atoms with Gasteiger partial charge in [-0.2, -0.15) is 4.31 Å². The number of amides is 1. The molecule has 0 bridgehead atoms. The van der Waals surface area contributed by atoms with Crippen molar-refractivity contribution in [1.82, 2.24) is 14.2 Å². The van der Waals surface area contributed by atoms with E-state index in [-0.39, 0.29) is 10.8 Å². The van der Waals surface area contributed by atoms with Crippen molar-refractivity contribution in [3.8, 4) is 0 Å². The van der Waals surface area contributed by atoms with Gasteiger partial charge in [-0.25, -0.2) is 21.8 Å². The van der Waals surface area contributed by atoms with Crippen molar-refractivity contribution < 1.29 is 21.6 Å². The molecule has 2 aliphatic rings. The molecule has 0 spiro atoms. The van der Waals surface area contributed by atoms with E-state index in [0.717, 1.165) is 21.6 Å². The third kappa shape index (κ3) is 4.18. The zero-order valence-corrected chi connectivity index (χ0v) is 19.3. The number of sulfonamides is 1. The summed E-state index contributed by atoms with van der Waals surface area (Å²) in [6.07, 6.45) is 3.59. The standard InChI is InChI=1S/C18H24N4O5S3/c1-29(24,25)13-5-6-14-16(12-13)28-18(19-14)21-10-8-20(9-11-21)17(23)15-4-3-7-22(15)30(2,26)27/h5-6,12,15H,3-4,7-11H2,1-2H3. The highest BCUT2D eigenvalue weighted by molar-refractivity contribution is 7.90. The minimum atomic E-state index is -3.39. The predicted molar refractivity (Wildman–Crippen MR) is 116 cm³/mol. The second-order valence-electron chi connectivity index (χ2n) is 7.74. The highest BCUT2D eigenvalue weighted by atomic mass is 32.2. The molecule has 12 heteroatoms. The van der Waals surface area contributed by atoms with E-state index in [4.69, 9.17) is 0 Å². The van der Waals surface area contributed by atoms with Crippen LogP contribution in [-0.4, -0.2) is 88.2 Å². The molecule has 3 heterocycles. The number of hydrogen-bond acceptors (Lipinski definition) is 8. The number of carbonyl (C=O) groups excluding carboxylic acids is 1. The number of aromatic nitrogens is 1. The van der Waals surface area contributed by atoms with Gasteiger partial charge in [-0.1, -0.05) is 11.3 Å². The van der Waals surface area contributed by atoms with Gasteiger partial charge in [0.05, 0.1) is 21.4 Å². The number of hydrogen-bond donors (Lipinski definition) is 0. The van der Waals surface area contributed by atoms with E-state index in [2.05, 4.69) is 9.88 Å². The summed E-state index contributed by atoms with van der Waals surface area (Å²) in [7, 11) is -6.67. The number of piperazine rings is 1. The average Bonchev–Trinajstić information content (AvgIpc) is 3.33. The van der Waals surface area contributed by atoms with Gasteiger partial charge >= 0.3 is 0 Å². The lowest BCUT2D eigenvalue weighted by Gasteiger charge is -2.36. The number of carbonyl (C=O) groups is 1. The van der Waals surface area contributed by atoms with Crippen molar-refractivity contribution in [3.05, 3.63) is 18.2 Å². The van der Waals surface area contributed by atoms with Crippen LogP contribution in [0.5, 0.6) is 0 Å². The molecule has 1 unspecified atom stereocenters. The summed E-state index contributed by atoms with van der Waals surface area (Å²) >= 11 is 1.43. The second kappa shape index (κ2) is 7.74. The maximum Gasteiger partial charge on any atom is 0.241 e. The molecule has 1 amide bonds. The van der Waals surface area contributed by atoms with E-state index in [1.165, 1.54) is 21.9 Å². The van der Waals surface area contributed by atoms with Gasteiger partial charge in [0.2, 0.25) is 15.9 Å². The molecule has 164 valence electrons. The SMILES string of the molecule is CS(=O)(=O)c1ccc2nc(N3CCN(C(=O)C4CCCN4S(C)(=O)=O)CC3)sc2c1. The van der Waals surface area contributed by atoms with Crippen LogP contribution in [0.1, 0.15) is 12.8 Å². The molecule has 2 aliphatic heterocycles. The van der Waals surface area contributed by atoms with Crippen LogP contribution in [0.4, 0.5) is 5.13 Å². The van der Waals surface area contributed by atoms with Gasteiger partial charge in [0.1, 0.15) is 6.04 Å². The van der Waals surface area contributed by atoms with Gasteiger partial charge < -0.3 is 9.80 Å². The van der Waals surface area contributed by atoms with Gasteiger partial charge in [-0.3, -0.25) is 4.79 Å². The summed E-state index contributed by atoms with van der Waals surface area (Å²) in [6.45, 7) is 2.58. The number of fused-ring (bicyclic) bond motifs is 1. The molecule has 0 saturated carbocycles. The molecule has 0 radical (unpaired) electrons. The Kier molecular flexibility index (Phi) is 5.54. The van der Waals surface area contributed by atoms with Gasteiger partial charge in [0.25, 0.3) is 0 Å². The average molecular weight is 473 g/mol. The van der Waals surface area contributed by atoms with Crippen molar-refractivity contribution in [2.75, 3.05) is 50.1 Å². The Labute approximate surface area is 180 Å². The molecule has 30 heavy (non-hydrogen) atoms. The first-order valence-corrected chi connectivity index (χ1v) is 14.2. The van der Waals surface area contributed by atoms with Crippen LogP contribution in [0.25, 0.3) is 10.2 Å². The van der Waals surface area contributed by atoms with Gasteiger partial charge in [0.15, 0.2) is 15.0 Å². The molecular formula is C18H24N4O5S3. The molecular weight excluding hydrogens is 448 g/mol. The zero-order valence-electron chi connectivity index (χ0n) is 16.8. The second-order valence-corrected chi connectivity index (χ2v) is 12.7. The Morgan fingerprint density at radius 1 is 1.07 bits per heavy atom. The van der Waals surface area contributed by atoms with Gasteiger partial charge in [-0.05, 0) is 31.0 Å². The minimum Gasteiger partial charge on any atom is -0.345 e. The van der Waals surface area contributed by atoms with Crippen molar-refractivity contribution >= 4 is 52.5 Å². The van der Waals surface area contributed by atoms with E-state index in [1.807, 2.05) is 0 Å². The Bertz CT molecular complexity index is 1180. The molecule has 4 rings (SSSR count). The summed E-state index contributed by atoms with van der Waals surface area (Å²) in [5, 5.41) is 0.793. The number of benzene rings is 1. The van der Waals surface area contributed by atoms with Crippen molar-refractivity contribution in [2.45, 2.75) is 23.8 Å². The number of rotatable bonds is 4. The molecule has 1 aromatic carbocycles. The maximum absolute atomic E-state index is 12.9. The van der Waals surface area contributed by atoms with Crippen LogP contribution in [0.15, 0.2) is 23.1 Å². The van der Waals surface area contributed by atoms with E-state index in [0.29, 0.717) is 45.6 Å². The highest BCUT2D eigenvalue weighted by Gasteiger charge is 2.39.